The molecule has 1 fully saturated rings. The van der Waals surface area contributed by atoms with E-state index in [0.717, 1.165) is 25.1 Å². The van der Waals surface area contributed by atoms with Gasteiger partial charge in [0, 0.05) is 12.6 Å². The average Bonchev–Trinajstić information content (AvgIpc) is 2.93. The van der Waals surface area contributed by atoms with Gasteiger partial charge in [0.05, 0.1) is 11.1 Å². The van der Waals surface area contributed by atoms with Crippen LogP contribution in [0.4, 0.5) is 26.3 Å². The number of rotatable bonds is 4. The minimum atomic E-state index is -4.81. The summed E-state index contributed by atoms with van der Waals surface area (Å²) in [6, 6.07) is 1.32. The molecule has 1 saturated heterocycles. The third-order valence-electron chi connectivity index (χ3n) is 4.45. The highest BCUT2D eigenvalue weighted by molar-refractivity contribution is 5.85. The predicted molar refractivity (Wildman–Crippen MR) is 85.7 cm³/mol. The molecule has 0 aromatic heterocycles. The lowest BCUT2D eigenvalue weighted by Crippen LogP contribution is -2.27. The van der Waals surface area contributed by atoms with Gasteiger partial charge in [0.15, 0.2) is 0 Å². The van der Waals surface area contributed by atoms with Gasteiger partial charge in [0.2, 0.25) is 0 Å². The number of nitrogens with one attached hydrogen (secondary N) is 1. The number of halogens is 7. The second-order valence-corrected chi connectivity index (χ2v) is 6.22. The zero-order valence-corrected chi connectivity index (χ0v) is 14.7. The van der Waals surface area contributed by atoms with Crippen LogP contribution in [0.3, 0.4) is 0 Å². The predicted octanol–water partition coefficient (Wildman–Crippen LogP) is 4.75. The molecule has 1 heterocycles. The van der Waals surface area contributed by atoms with Gasteiger partial charge in [-0.2, -0.15) is 26.3 Å². The Kier molecular flexibility index (Phi) is 7.18. The maximum Gasteiger partial charge on any atom is 0.416 e. The summed E-state index contributed by atoms with van der Waals surface area (Å²) >= 11 is 0. The van der Waals surface area contributed by atoms with Crippen molar-refractivity contribution in [3.8, 4) is 0 Å². The van der Waals surface area contributed by atoms with Crippen LogP contribution in [0.5, 0.6) is 0 Å². The Hall–Kier alpha value is -0.990. The minimum Gasteiger partial charge on any atom is -0.319 e. The molecule has 2 rings (SSSR count). The van der Waals surface area contributed by atoms with Crippen molar-refractivity contribution in [1.29, 1.82) is 0 Å². The van der Waals surface area contributed by atoms with E-state index in [9.17, 15) is 26.3 Å². The lowest BCUT2D eigenvalue weighted by molar-refractivity contribution is -0.143. The van der Waals surface area contributed by atoms with Crippen molar-refractivity contribution in [2.24, 2.45) is 5.92 Å². The molecule has 1 aromatic rings. The van der Waals surface area contributed by atoms with Gasteiger partial charge < -0.3 is 5.32 Å². The molecule has 2 atom stereocenters. The first kappa shape index (κ1) is 22.1. The zero-order chi connectivity index (χ0) is 18.1. The third-order valence-corrected chi connectivity index (χ3v) is 4.45. The normalized spacial score (nSPS) is 20.4. The van der Waals surface area contributed by atoms with E-state index in [1.807, 2.05) is 11.9 Å². The Morgan fingerprint density at radius 2 is 1.60 bits per heavy atom. The van der Waals surface area contributed by atoms with E-state index < -0.39 is 29.5 Å². The van der Waals surface area contributed by atoms with E-state index in [-0.39, 0.29) is 24.0 Å². The van der Waals surface area contributed by atoms with Crippen LogP contribution >= 0.6 is 12.4 Å². The summed E-state index contributed by atoms with van der Waals surface area (Å²) in [6.45, 7) is 3.74. The number of hydrogen-bond donors (Lipinski definition) is 1. The van der Waals surface area contributed by atoms with E-state index in [1.54, 1.807) is 6.92 Å². The monoisotopic (exact) mass is 390 g/mol. The molecule has 1 aliphatic rings. The summed E-state index contributed by atoms with van der Waals surface area (Å²) in [7, 11) is 1.81. The molecule has 2 nitrogen and oxygen atoms in total. The van der Waals surface area contributed by atoms with Crippen LogP contribution in [0.15, 0.2) is 18.2 Å². The van der Waals surface area contributed by atoms with Crippen LogP contribution in [-0.4, -0.2) is 31.6 Å². The third kappa shape index (κ3) is 5.49. The average molecular weight is 391 g/mol. The minimum absolute atomic E-state index is 0. The molecule has 1 aliphatic heterocycles. The highest BCUT2D eigenvalue weighted by Gasteiger charge is 2.38. The Bertz CT molecular complexity index is 540. The molecular weight excluding hydrogens is 370 g/mol. The van der Waals surface area contributed by atoms with Gasteiger partial charge in [-0.25, -0.2) is 0 Å². The molecule has 0 amide bonds. The summed E-state index contributed by atoms with van der Waals surface area (Å²) in [5.74, 6) is 0.352. The van der Waals surface area contributed by atoms with E-state index in [4.69, 9.17) is 0 Å². The van der Waals surface area contributed by atoms with E-state index in [0.29, 0.717) is 19.0 Å². The van der Waals surface area contributed by atoms with Crippen molar-refractivity contribution in [3.63, 3.8) is 0 Å². The maximum atomic E-state index is 12.9. The highest BCUT2D eigenvalue weighted by atomic mass is 35.5. The standard InChI is InChI=1S/C16H20F6N2.ClH/c1-10(24-4-3-11(9-24)8-23-2)12-5-13(15(17,18)19)7-14(6-12)16(20,21)22;/h5-7,10-11,23H,3-4,8-9H2,1-2H3;1H. The number of nitrogens with zero attached hydrogens (tertiary/aromatic N) is 1. The Labute approximate surface area is 149 Å². The highest BCUT2D eigenvalue weighted by Crippen LogP contribution is 2.38. The summed E-state index contributed by atoms with van der Waals surface area (Å²) in [5, 5.41) is 3.04. The van der Waals surface area contributed by atoms with Crippen LogP contribution in [0.25, 0.3) is 0 Å². The fourth-order valence-corrected chi connectivity index (χ4v) is 3.10. The van der Waals surface area contributed by atoms with Crippen molar-refractivity contribution >= 4 is 12.4 Å². The smallest absolute Gasteiger partial charge is 0.319 e. The molecule has 144 valence electrons. The lowest BCUT2D eigenvalue weighted by Gasteiger charge is -2.26. The van der Waals surface area contributed by atoms with E-state index >= 15 is 0 Å². The first-order chi connectivity index (χ1) is 11.0. The van der Waals surface area contributed by atoms with Crippen LogP contribution < -0.4 is 5.32 Å². The SMILES string of the molecule is CNCC1CCN(C(C)c2cc(C(F)(F)F)cc(C(F)(F)F)c2)C1.Cl. The number of alkyl halides is 6. The topological polar surface area (TPSA) is 15.3 Å². The summed E-state index contributed by atoms with van der Waals surface area (Å²) in [5.41, 5.74) is -2.47. The first-order valence-electron chi connectivity index (χ1n) is 7.70. The molecule has 0 saturated carbocycles. The fourth-order valence-electron chi connectivity index (χ4n) is 3.10. The van der Waals surface area contributed by atoms with Gasteiger partial charge in [-0.05, 0) is 63.2 Å². The summed E-state index contributed by atoms with van der Waals surface area (Å²) < 4.78 is 77.7. The van der Waals surface area contributed by atoms with Gasteiger partial charge in [0.25, 0.3) is 0 Å². The van der Waals surface area contributed by atoms with Crippen LogP contribution in [0, 0.1) is 5.92 Å². The Morgan fingerprint density at radius 1 is 1.08 bits per heavy atom. The molecule has 0 aliphatic carbocycles. The van der Waals surface area contributed by atoms with E-state index in [2.05, 4.69) is 5.32 Å². The molecule has 9 heteroatoms. The van der Waals surface area contributed by atoms with Gasteiger partial charge in [-0.3, -0.25) is 4.90 Å². The second kappa shape index (κ2) is 8.14. The van der Waals surface area contributed by atoms with Gasteiger partial charge in [-0.1, -0.05) is 0 Å². The largest absolute Gasteiger partial charge is 0.416 e. The molecule has 0 radical (unpaired) electrons. The van der Waals surface area contributed by atoms with Crippen LogP contribution in [0.2, 0.25) is 0 Å². The summed E-state index contributed by atoms with van der Waals surface area (Å²) in [4.78, 5) is 1.93. The number of hydrogen-bond acceptors (Lipinski definition) is 2. The quantitative estimate of drug-likeness (QED) is 0.746. The first-order valence-corrected chi connectivity index (χ1v) is 7.70. The van der Waals surface area contributed by atoms with Crippen molar-refractivity contribution in [2.45, 2.75) is 31.7 Å². The molecule has 25 heavy (non-hydrogen) atoms. The molecule has 1 aromatic carbocycles. The molecule has 2 unspecified atom stereocenters. The van der Waals surface area contributed by atoms with Crippen molar-refractivity contribution in [1.82, 2.24) is 10.2 Å². The lowest BCUT2D eigenvalue weighted by atomic mass is 9.99. The Balaban J connectivity index is 0.00000312. The number of likely N-dealkylation sites (tertiary alicyclic amines) is 1. The molecule has 0 spiro atoms. The second-order valence-electron chi connectivity index (χ2n) is 6.22. The van der Waals surface area contributed by atoms with Gasteiger partial charge in [-0.15, -0.1) is 12.4 Å². The molecule has 0 bridgehead atoms. The maximum absolute atomic E-state index is 12.9. The van der Waals surface area contributed by atoms with Crippen molar-refractivity contribution in [3.05, 3.63) is 34.9 Å². The zero-order valence-electron chi connectivity index (χ0n) is 13.8. The number of benzene rings is 1. The fraction of sp³-hybridized carbons (Fsp3) is 0.625. The van der Waals surface area contributed by atoms with Crippen molar-refractivity contribution in [2.75, 3.05) is 26.7 Å². The van der Waals surface area contributed by atoms with Crippen LogP contribution in [-0.2, 0) is 12.4 Å². The van der Waals surface area contributed by atoms with Crippen molar-refractivity contribution < 1.29 is 26.3 Å². The summed E-state index contributed by atoms with van der Waals surface area (Å²) in [6.07, 6.45) is -8.75. The van der Waals surface area contributed by atoms with E-state index in [1.165, 1.54) is 0 Å². The molecular formula is C16H21ClF6N2. The van der Waals surface area contributed by atoms with Gasteiger partial charge in [0.1, 0.15) is 0 Å². The Morgan fingerprint density at radius 3 is 2.04 bits per heavy atom. The molecule has 1 N–H and O–H groups in total. The van der Waals surface area contributed by atoms with Gasteiger partial charge >= 0.3 is 12.4 Å². The van der Waals surface area contributed by atoms with Crippen LogP contribution in [0.1, 0.15) is 36.1 Å².